The summed E-state index contributed by atoms with van der Waals surface area (Å²) in [5.41, 5.74) is 0.108. The molecule has 1 aromatic heterocycles. The summed E-state index contributed by atoms with van der Waals surface area (Å²) in [6, 6.07) is 7.56. The molecule has 0 radical (unpaired) electrons. The molecule has 0 saturated carbocycles. The molecule has 2 N–H and O–H groups in total. The van der Waals surface area contributed by atoms with Crippen molar-refractivity contribution in [3.63, 3.8) is 0 Å². The van der Waals surface area contributed by atoms with Crippen molar-refractivity contribution in [1.29, 1.82) is 0 Å². The summed E-state index contributed by atoms with van der Waals surface area (Å²) in [7, 11) is 1.95. The number of hydrogen-bond acceptors (Lipinski definition) is 9. The molecule has 2 aromatic carbocycles. The van der Waals surface area contributed by atoms with Gasteiger partial charge in [-0.15, -0.1) is 5.10 Å². The predicted octanol–water partition coefficient (Wildman–Crippen LogP) is 2.71. The molecule has 13 nitrogen and oxygen atoms in total. The monoisotopic (exact) mass is 640 g/mol. The van der Waals surface area contributed by atoms with Gasteiger partial charge in [-0.1, -0.05) is 11.6 Å². The minimum absolute atomic E-state index is 0.0652. The third kappa shape index (κ3) is 9.16. The molecule has 1 saturated heterocycles. The van der Waals surface area contributed by atoms with Crippen LogP contribution < -0.4 is 10.6 Å². The maximum absolute atomic E-state index is 15.0. The first kappa shape index (κ1) is 33.2. The lowest BCUT2D eigenvalue weighted by Gasteiger charge is -2.33. The number of benzene rings is 2. The van der Waals surface area contributed by atoms with Gasteiger partial charge in [0.05, 0.1) is 22.7 Å². The molecule has 45 heavy (non-hydrogen) atoms. The number of carbonyl (C=O) groups is 4. The summed E-state index contributed by atoms with van der Waals surface area (Å²) in [5, 5.41) is 15.9. The van der Waals surface area contributed by atoms with Crippen LogP contribution in [-0.2, 0) is 19.1 Å². The summed E-state index contributed by atoms with van der Waals surface area (Å²) < 4.78 is 21.5. The van der Waals surface area contributed by atoms with Gasteiger partial charge in [-0.25, -0.2) is 9.18 Å². The zero-order valence-electron chi connectivity index (χ0n) is 25.3. The lowest BCUT2D eigenvalue weighted by atomic mass is 10.1. The van der Waals surface area contributed by atoms with Gasteiger partial charge >= 0.3 is 5.97 Å². The molecule has 1 aliphatic heterocycles. The van der Waals surface area contributed by atoms with E-state index in [4.69, 9.17) is 16.3 Å². The molecule has 0 bridgehead atoms. The minimum Gasteiger partial charge on any atom is -0.456 e. The lowest BCUT2D eigenvalue weighted by molar-refractivity contribution is -0.135. The number of nitrogens with one attached hydrogen (secondary N) is 2. The molecule has 1 fully saturated rings. The number of aromatic nitrogens is 4. The number of anilines is 1. The van der Waals surface area contributed by atoms with E-state index >= 15 is 0 Å². The van der Waals surface area contributed by atoms with Crippen LogP contribution in [0.25, 0.3) is 11.8 Å². The smallest absolute Gasteiger partial charge is 0.338 e. The predicted molar refractivity (Wildman–Crippen MR) is 164 cm³/mol. The summed E-state index contributed by atoms with van der Waals surface area (Å²) >= 11 is 5.97. The van der Waals surface area contributed by atoms with Gasteiger partial charge in [0.1, 0.15) is 18.0 Å². The molecule has 2 heterocycles. The van der Waals surface area contributed by atoms with Crippen LogP contribution in [0.4, 0.5) is 10.1 Å². The topological polar surface area (TPSA) is 152 Å². The zero-order valence-corrected chi connectivity index (χ0v) is 26.0. The van der Waals surface area contributed by atoms with E-state index < -0.39 is 35.2 Å². The normalized spacial score (nSPS) is 14.7. The van der Waals surface area contributed by atoms with E-state index in [9.17, 15) is 23.6 Å². The molecule has 1 aliphatic rings. The Balaban J connectivity index is 1.51. The first-order chi connectivity index (χ1) is 21.3. The van der Waals surface area contributed by atoms with E-state index in [1.807, 2.05) is 7.05 Å². The maximum Gasteiger partial charge on any atom is 0.338 e. The fourth-order valence-electron chi connectivity index (χ4n) is 4.39. The Labute approximate surface area is 264 Å². The van der Waals surface area contributed by atoms with Crippen molar-refractivity contribution in [2.45, 2.75) is 38.8 Å². The Hall–Kier alpha value is -4.69. The fraction of sp³-hybridized carbons (Fsp3) is 0.367. The van der Waals surface area contributed by atoms with Crippen molar-refractivity contribution < 1.29 is 28.3 Å². The van der Waals surface area contributed by atoms with Crippen molar-refractivity contribution >= 4 is 47.1 Å². The Kier molecular flexibility index (Phi) is 10.6. The summed E-state index contributed by atoms with van der Waals surface area (Å²) in [4.78, 5) is 55.7. The number of ether oxygens (including phenoxy) is 1. The lowest BCUT2D eigenvalue weighted by Crippen LogP contribution is -2.51. The summed E-state index contributed by atoms with van der Waals surface area (Å²) in [6.07, 6.45) is 3.15. The van der Waals surface area contributed by atoms with Gasteiger partial charge in [0.2, 0.25) is 17.7 Å². The van der Waals surface area contributed by atoms with E-state index in [0.29, 0.717) is 31.9 Å². The first-order valence-corrected chi connectivity index (χ1v) is 14.5. The van der Waals surface area contributed by atoms with Crippen LogP contribution in [0.3, 0.4) is 0 Å². The van der Waals surface area contributed by atoms with Crippen molar-refractivity contribution in [3.05, 3.63) is 70.8 Å². The van der Waals surface area contributed by atoms with Crippen LogP contribution in [0.5, 0.6) is 0 Å². The van der Waals surface area contributed by atoms with Crippen LogP contribution >= 0.6 is 11.6 Å². The molecule has 0 unspecified atom stereocenters. The number of piperazine rings is 1. The molecule has 4 rings (SSSR count). The van der Waals surface area contributed by atoms with Gasteiger partial charge < -0.3 is 25.2 Å². The first-order valence-electron chi connectivity index (χ1n) is 14.1. The number of carbonyl (C=O) groups excluding carboxylic acids is 4. The molecule has 0 aliphatic carbocycles. The third-order valence-corrected chi connectivity index (χ3v) is 7.05. The molecule has 15 heteroatoms. The van der Waals surface area contributed by atoms with Crippen molar-refractivity contribution in [2.75, 3.05) is 38.5 Å². The van der Waals surface area contributed by atoms with E-state index in [1.54, 1.807) is 25.7 Å². The van der Waals surface area contributed by atoms with Crippen LogP contribution in [0.1, 0.15) is 43.1 Å². The second kappa shape index (κ2) is 14.4. The van der Waals surface area contributed by atoms with Crippen LogP contribution in [0.15, 0.2) is 48.8 Å². The molecule has 3 aromatic rings. The average molecular weight is 641 g/mol. The average Bonchev–Trinajstić information content (AvgIpc) is 3.52. The Bertz CT molecular complexity index is 1570. The van der Waals surface area contributed by atoms with Crippen molar-refractivity contribution in [3.8, 4) is 5.69 Å². The van der Waals surface area contributed by atoms with E-state index in [2.05, 4.69) is 31.1 Å². The molecular weight excluding hydrogens is 607 g/mol. The second-order valence-electron chi connectivity index (χ2n) is 11.4. The van der Waals surface area contributed by atoms with Gasteiger partial charge in [0.25, 0.3) is 0 Å². The quantitative estimate of drug-likeness (QED) is 0.266. The van der Waals surface area contributed by atoms with E-state index in [0.717, 1.165) is 6.08 Å². The highest BCUT2D eigenvalue weighted by molar-refractivity contribution is 6.31. The number of likely N-dealkylation sites (N-methyl/N-ethyl adjacent to an activating group) is 1. The minimum atomic E-state index is -1.27. The highest BCUT2D eigenvalue weighted by atomic mass is 35.5. The molecule has 1 atom stereocenters. The van der Waals surface area contributed by atoms with Gasteiger partial charge in [-0.05, 0) is 80.7 Å². The van der Waals surface area contributed by atoms with E-state index in [1.165, 1.54) is 53.5 Å². The van der Waals surface area contributed by atoms with Crippen LogP contribution in [-0.4, -0.2) is 98.6 Å². The Morgan fingerprint density at radius 1 is 1.07 bits per heavy atom. The molecular formula is C30H34ClFN8O5. The highest BCUT2D eigenvalue weighted by Crippen LogP contribution is 2.25. The van der Waals surface area contributed by atoms with Gasteiger partial charge in [-0.2, -0.15) is 4.68 Å². The largest absolute Gasteiger partial charge is 0.456 e. The number of nitrogens with zero attached hydrogens (tertiary/aromatic N) is 6. The van der Waals surface area contributed by atoms with Crippen LogP contribution in [0.2, 0.25) is 5.02 Å². The third-order valence-electron chi connectivity index (χ3n) is 6.76. The zero-order chi connectivity index (χ0) is 32.7. The summed E-state index contributed by atoms with van der Waals surface area (Å²) in [5.74, 6) is -3.05. The Morgan fingerprint density at radius 3 is 2.38 bits per heavy atom. The number of amides is 3. The second-order valence-corrected chi connectivity index (χ2v) is 11.8. The van der Waals surface area contributed by atoms with Crippen molar-refractivity contribution in [2.24, 2.45) is 0 Å². The maximum atomic E-state index is 15.0. The number of tetrazole rings is 1. The molecule has 3 amide bonds. The van der Waals surface area contributed by atoms with Gasteiger partial charge in [0.15, 0.2) is 5.82 Å². The number of esters is 1. The highest BCUT2D eigenvalue weighted by Gasteiger charge is 2.28. The standard InChI is InChI=1S/C30H34ClFN8O5/c1-30(2,3)45-29(44)19-5-7-20(8-6-19)34-28(43)23(17-26(42)39-15-13-38(4)14-16-39)35-25(41)12-9-21-24(40-18-33-36-37-40)11-10-22(31)27(21)32/h5-12,18,23H,13-17H2,1-4H3,(H,34,43)(H,35,41)/b12-9+/t23-/m0/s1. The molecule has 0 spiro atoms. The van der Waals surface area contributed by atoms with Crippen molar-refractivity contribution in [1.82, 2.24) is 35.3 Å². The Morgan fingerprint density at radius 2 is 1.76 bits per heavy atom. The molecule has 238 valence electrons. The van der Waals surface area contributed by atoms with Gasteiger partial charge in [-0.3, -0.25) is 14.4 Å². The van der Waals surface area contributed by atoms with Crippen LogP contribution in [0, 0.1) is 5.82 Å². The van der Waals surface area contributed by atoms with E-state index in [-0.39, 0.29) is 34.2 Å². The summed E-state index contributed by atoms with van der Waals surface area (Å²) in [6.45, 7) is 7.59. The van der Waals surface area contributed by atoms with Gasteiger partial charge in [0, 0.05) is 43.5 Å². The SMILES string of the molecule is CN1CCN(C(=O)C[C@H](NC(=O)/C=C/c2c(-n3cnnn3)ccc(Cl)c2F)C(=O)Nc2ccc(C(=O)OC(C)(C)C)cc2)CC1. The fourth-order valence-corrected chi connectivity index (χ4v) is 4.55. The number of hydrogen-bond donors (Lipinski definition) is 2. The number of rotatable bonds is 9. The number of halogens is 2.